The summed E-state index contributed by atoms with van der Waals surface area (Å²) in [5.41, 5.74) is 1.88. The van der Waals surface area contributed by atoms with E-state index in [0.717, 1.165) is 24.9 Å². The van der Waals surface area contributed by atoms with Crippen LogP contribution in [0.15, 0.2) is 24.3 Å². The lowest BCUT2D eigenvalue weighted by atomic mass is 9.40. The number of carbonyl (C=O) groups is 2. The molecule has 4 aliphatic rings. The quantitative estimate of drug-likeness (QED) is 0.878. The van der Waals surface area contributed by atoms with E-state index in [0.29, 0.717) is 22.3 Å². The minimum Gasteiger partial charge on any atom is -0.345 e. The van der Waals surface area contributed by atoms with Gasteiger partial charge in [0.2, 0.25) is 5.91 Å². The van der Waals surface area contributed by atoms with Gasteiger partial charge in [0, 0.05) is 25.3 Å². The number of hydrogen-bond acceptors (Lipinski definition) is 2. The zero-order chi connectivity index (χ0) is 18.7. The SMILES string of the molecule is CN(C)C(=O)c1ccc(NC(=O)C23CC4CC(C)(CC(C)(C4)C2)C3)cc1. The summed E-state index contributed by atoms with van der Waals surface area (Å²) in [5, 5.41) is 3.16. The highest BCUT2D eigenvalue weighted by atomic mass is 16.2. The normalized spacial score (nSPS) is 37.5. The van der Waals surface area contributed by atoms with Crippen molar-refractivity contribution in [2.24, 2.45) is 22.2 Å². The fourth-order valence-corrected chi connectivity index (χ4v) is 6.92. The molecule has 4 aliphatic carbocycles. The van der Waals surface area contributed by atoms with Gasteiger partial charge >= 0.3 is 0 Å². The van der Waals surface area contributed by atoms with E-state index in [1.807, 2.05) is 12.1 Å². The number of hydrogen-bond donors (Lipinski definition) is 1. The maximum atomic E-state index is 13.3. The minimum atomic E-state index is -0.207. The van der Waals surface area contributed by atoms with Gasteiger partial charge in [0.25, 0.3) is 5.91 Å². The molecule has 26 heavy (non-hydrogen) atoms. The highest BCUT2D eigenvalue weighted by molar-refractivity contribution is 5.97. The summed E-state index contributed by atoms with van der Waals surface area (Å²) >= 11 is 0. The Morgan fingerprint density at radius 3 is 2.04 bits per heavy atom. The van der Waals surface area contributed by atoms with E-state index in [2.05, 4.69) is 19.2 Å². The molecule has 140 valence electrons. The zero-order valence-corrected chi connectivity index (χ0v) is 16.4. The first-order chi connectivity index (χ1) is 12.1. The summed E-state index contributed by atoms with van der Waals surface area (Å²) in [6, 6.07) is 7.28. The van der Waals surface area contributed by atoms with Crippen molar-refractivity contribution < 1.29 is 9.59 Å². The monoisotopic (exact) mass is 354 g/mol. The Kier molecular flexibility index (Phi) is 3.77. The smallest absolute Gasteiger partial charge is 0.253 e. The molecule has 4 saturated carbocycles. The van der Waals surface area contributed by atoms with Crippen molar-refractivity contribution in [1.29, 1.82) is 0 Å². The highest BCUT2D eigenvalue weighted by Gasteiger charge is 2.62. The molecule has 0 aromatic heterocycles. The largest absolute Gasteiger partial charge is 0.345 e. The van der Waals surface area contributed by atoms with Crippen LogP contribution in [0.5, 0.6) is 0 Å². The Balaban J connectivity index is 1.53. The van der Waals surface area contributed by atoms with Gasteiger partial charge in [-0.2, -0.15) is 0 Å². The van der Waals surface area contributed by atoms with Gasteiger partial charge in [0.05, 0.1) is 5.41 Å². The Morgan fingerprint density at radius 1 is 0.962 bits per heavy atom. The van der Waals surface area contributed by atoms with Gasteiger partial charge in [-0.3, -0.25) is 9.59 Å². The predicted octanol–water partition coefficient (Wildman–Crippen LogP) is 4.32. The number of nitrogens with one attached hydrogen (secondary N) is 1. The molecule has 0 aliphatic heterocycles. The molecule has 4 heteroatoms. The van der Waals surface area contributed by atoms with Gasteiger partial charge in [-0.05, 0) is 79.5 Å². The first-order valence-electron chi connectivity index (χ1n) is 9.75. The summed E-state index contributed by atoms with van der Waals surface area (Å²) < 4.78 is 0. The van der Waals surface area contributed by atoms with Crippen LogP contribution in [-0.4, -0.2) is 30.8 Å². The van der Waals surface area contributed by atoms with Gasteiger partial charge in [-0.15, -0.1) is 0 Å². The predicted molar refractivity (Wildman–Crippen MR) is 103 cm³/mol. The van der Waals surface area contributed by atoms with Crippen LogP contribution in [0.4, 0.5) is 5.69 Å². The van der Waals surface area contributed by atoms with Crippen molar-refractivity contribution >= 4 is 17.5 Å². The number of nitrogens with zero attached hydrogens (tertiary/aromatic N) is 1. The maximum absolute atomic E-state index is 13.3. The van der Waals surface area contributed by atoms with Crippen molar-refractivity contribution in [3.8, 4) is 0 Å². The molecule has 2 unspecified atom stereocenters. The number of anilines is 1. The molecule has 0 saturated heterocycles. The van der Waals surface area contributed by atoms with Crippen molar-refractivity contribution in [2.45, 2.75) is 52.4 Å². The number of benzene rings is 1. The van der Waals surface area contributed by atoms with E-state index in [4.69, 9.17) is 0 Å². The molecule has 0 spiro atoms. The van der Waals surface area contributed by atoms with Gasteiger partial charge in [-0.25, -0.2) is 0 Å². The van der Waals surface area contributed by atoms with Crippen LogP contribution in [0.25, 0.3) is 0 Å². The number of carbonyl (C=O) groups excluding carboxylic acids is 2. The third-order valence-corrected chi connectivity index (χ3v) is 6.90. The Labute approximate surface area is 156 Å². The molecule has 4 nitrogen and oxygen atoms in total. The third kappa shape index (κ3) is 2.83. The van der Waals surface area contributed by atoms with Crippen LogP contribution in [0.2, 0.25) is 0 Å². The molecule has 4 fully saturated rings. The Hall–Kier alpha value is -1.84. The van der Waals surface area contributed by atoms with Gasteiger partial charge in [-0.1, -0.05) is 13.8 Å². The topological polar surface area (TPSA) is 49.4 Å². The third-order valence-electron chi connectivity index (χ3n) is 6.90. The van der Waals surface area contributed by atoms with Gasteiger partial charge in [0.15, 0.2) is 0 Å². The van der Waals surface area contributed by atoms with Crippen molar-refractivity contribution in [3.05, 3.63) is 29.8 Å². The average Bonchev–Trinajstić information content (AvgIpc) is 2.51. The second-order valence-corrected chi connectivity index (χ2v) is 10.1. The molecular formula is C22H30N2O2. The van der Waals surface area contributed by atoms with E-state index in [9.17, 15) is 9.59 Å². The first kappa shape index (κ1) is 17.6. The lowest BCUT2D eigenvalue weighted by molar-refractivity contribution is -0.165. The molecule has 0 heterocycles. The highest BCUT2D eigenvalue weighted by Crippen LogP contribution is 2.69. The van der Waals surface area contributed by atoms with Crippen molar-refractivity contribution in [2.75, 3.05) is 19.4 Å². The van der Waals surface area contributed by atoms with Crippen molar-refractivity contribution in [3.63, 3.8) is 0 Å². The van der Waals surface area contributed by atoms with E-state index >= 15 is 0 Å². The van der Waals surface area contributed by atoms with E-state index in [1.54, 1.807) is 31.1 Å². The summed E-state index contributed by atoms with van der Waals surface area (Å²) in [4.78, 5) is 26.9. The maximum Gasteiger partial charge on any atom is 0.253 e. The molecule has 0 radical (unpaired) electrons. The molecule has 2 atom stereocenters. The summed E-state index contributed by atoms with van der Waals surface area (Å²) in [6.45, 7) is 4.78. The Morgan fingerprint density at radius 2 is 1.54 bits per heavy atom. The average molecular weight is 354 g/mol. The molecule has 2 amide bonds. The molecule has 5 rings (SSSR count). The lowest BCUT2D eigenvalue weighted by Crippen LogP contribution is -2.58. The van der Waals surface area contributed by atoms with Crippen LogP contribution in [-0.2, 0) is 4.79 Å². The first-order valence-corrected chi connectivity index (χ1v) is 9.75. The summed E-state index contributed by atoms with van der Waals surface area (Å²) in [6.07, 6.45) is 6.94. The lowest BCUT2D eigenvalue weighted by Gasteiger charge is -2.64. The minimum absolute atomic E-state index is 0.0233. The summed E-state index contributed by atoms with van der Waals surface area (Å²) in [7, 11) is 3.48. The number of rotatable bonds is 3. The molecule has 4 bridgehead atoms. The van der Waals surface area contributed by atoms with E-state index in [1.165, 1.54) is 19.3 Å². The zero-order valence-electron chi connectivity index (χ0n) is 16.4. The van der Waals surface area contributed by atoms with Crippen molar-refractivity contribution in [1.82, 2.24) is 4.90 Å². The van der Waals surface area contributed by atoms with Gasteiger partial charge in [0.1, 0.15) is 0 Å². The van der Waals surface area contributed by atoms with Gasteiger partial charge < -0.3 is 10.2 Å². The van der Waals surface area contributed by atoms with E-state index in [-0.39, 0.29) is 17.2 Å². The Bertz CT molecular complexity index is 734. The fourth-order valence-electron chi connectivity index (χ4n) is 6.92. The van der Waals surface area contributed by atoms with Crippen LogP contribution >= 0.6 is 0 Å². The molecule has 1 aromatic carbocycles. The van der Waals surface area contributed by atoms with Crippen LogP contribution in [0.1, 0.15) is 62.7 Å². The second kappa shape index (κ2) is 5.58. The van der Waals surface area contributed by atoms with E-state index < -0.39 is 0 Å². The molecule has 1 aromatic rings. The van der Waals surface area contributed by atoms with Crippen LogP contribution in [0, 0.1) is 22.2 Å². The molecule has 1 N–H and O–H groups in total. The standard InChI is InChI=1S/C22H30N2O2/c1-20-9-15-10-21(2,12-20)14-22(11-15,13-20)19(26)23-17-7-5-16(6-8-17)18(25)24(3)4/h5-8,15H,9-14H2,1-4H3,(H,23,26). The van der Waals surface area contributed by atoms with Crippen LogP contribution in [0.3, 0.4) is 0 Å². The second-order valence-electron chi connectivity index (χ2n) is 10.1. The fraction of sp³-hybridized carbons (Fsp3) is 0.636. The molecular weight excluding hydrogens is 324 g/mol. The number of amides is 2. The van der Waals surface area contributed by atoms with Crippen LogP contribution < -0.4 is 5.32 Å². The summed E-state index contributed by atoms with van der Waals surface area (Å²) in [5.74, 6) is 0.864.